The van der Waals surface area contributed by atoms with E-state index in [1.807, 2.05) is 6.07 Å². The number of hydrogen-bond donors (Lipinski definition) is 2. The lowest BCUT2D eigenvalue weighted by atomic mass is 10.0. The molecule has 0 bridgehead atoms. The van der Waals surface area contributed by atoms with E-state index in [-0.39, 0.29) is 31.9 Å². The third-order valence-electron chi connectivity index (χ3n) is 7.06. The molecular formula is C30H42N3O10+. The molecule has 0 saturated carbocycles. The Kier molecular flexibility index (Phi) is 11.8. The summed E-state index contributed by atoms with van der Waals surface area (Å²) in [5, 5.41) is 19.5. The summed E-state index contributed by atoms with van der Waals surface area (Å²) in [6.45, 7) is 2.59. The van der Waals surface area contributed by atoms with Gasteiger partial charge in [-0.05, 0) is 24.5 Å². The number of aliphatic hydroxyl groups is 1. The second kappa shape index (κ2) is 15.1. The van der Waals surface area contributed by atoms with Crippen molar-refractivity contribution >= 4 is 29.7 Å². The lowest BCUT2D eigenvalue weighted by Gasteiger charge is -2.31. The molecule has 1 aromatic carbocycles. The minimum atomic E-state index is -1.21. The Morgan fingerprint density at radius 2 is 1.74 bits per heavy atom. The quantitative estimate of drug-likeness (QED) is 0.167. The number of carboxylic acids is 1. The molecule has 3 rings (SSSR count). The fraction of sp³-hybridized carbons (Fsp3) is 0.567. The Morgan fingerprint density at radius 3 is 2.37 bits per heavy atom. The molecule has 2 N–H and O–H groups in total. The van der Waals surface area contributed by atoms with Crippen molar-refractivity contribution in [3.8, 4) is 5.75 Å². The van der Waals surface area contributed by atoms with Crippen molar-refractivity contribution in [2.45, 2.75) is 64.1 Å². The van der Waals surface area contributed by atoms with E-state index in [4.69, 9.17) is 14.2 Å². The van der Waals surface area contributed by atoms with Crippen LogP contribution < -0.4 is 4.74 Å². The van der Waals surface area contributed by atoms with Crippen LogP contribution in [0.2, 0.25) is 0 Å². The van der Waals surface area contributed by atoms with Gasteiger partial charge in [-0.1, -0.05) is 12.1 Å². The first-order valence-electron chi connectivity index (χ1n) is 14.3. The third kappa shape index (κ3) is 10.8. The Hall–Kier alpha value is -3.81. The second-order valence-corrected chi connectivity index (χ2v) is 11.8. The molecule has 1 aromatic rings. The number of amides is 3. The number of esters is 1. The summed E-state index contributed by atoms with van der Waals surface area (Å²) in [5.41, 5.74) is 1.39. The minimum absolute atomic E-state index is 0.0455. The molecule has 2 aliphatic rings. The SMILES string of the molecule is CC(=O)OCc1ccc(CCCN(CCC[N+](C)(C)C)C(=O)CN2C(=O)C=CC2=O)cc1OC1CC(O)CC(C(=O)O)O1. The maximum atomic E-state index is 13.1. The number of rotatable bonds is 15. The molecule has 2 heterocycles. The molecule has 1 fully saturated rings. The monoisotopic (exact) mass is 604 g/mol. The summed E-state index contributed by atoms with van der Waals surface area (Å²) in [5.74, 6) is -2.67. The highest BCUT2D eigenvalue weighted by atomic mass is 16.7. The minimum Gasteiger partial charge on any atom is -0.479 e. The zero-order valence-corrected chi connectivity index (χ0v) is 25.2. The topological polar surface area (TPSA) is 160 Å². The molecule has 0 radical (unpaired) electrons. The molecule has 43 heavy (non-hydrogen) atoms. The Bertz CT molecular complexity index is 1210. The highest BCUT2D eigenvalue weighted by molar-refractivity contribution is 6.14. The lowest BCUT2D eigenvalue weighted by molar-refractivity contribution is -0.870. The van der Waals surface area contributed by atoms with Crippen LogP contribution in [0.15, 0.2) is 30.4 Å². The van der Waals surface area contributed by atoms with Crippen LogP contribution in [0.4, 0.5) is 0 Å². The zero-order chi connectivity index (χ0) is 31.7. The largest absolute Gasteiger partial charge is 0.479 e. The molecule has 3 unspecified atom stereocenters. The van der Waals surface area contributed by atoms with Gasteiger partial charge in [-0.15, -0.1) is 0 Å². The fourth-order valence-corrected chi connectivity index (χ4v) is 4.79. The van der Waals surface area contributed by atoms with Crippen LogP contribution in [-0.2, 0) is 46.5 Å². The van der Waals surface area contributed by atoms with Crippen LogP contribution in [0, 0.1) is 0 Å². The number of ether oxygens (including phenoxy) is 3. The van der Waals surface area contributed by atoms with Crippen LogP contribution in [0.25, 0.3) is 0 Å². The van der Waals surface area contributed by atoms with Gasteiger partial charge in [-0.25, -0.2) is 4.79 Å². The predicted octanol–water partition coefficient (Wildman–Crippen LogP) is 0.862. The van der Waals surface area contributed by atoms with Gasteiger partial charge >= 0.3 is 11.9 Å². The highest BCUT2D eigenvalue weighted by Crippen LogP contribution is 2.28. The first-order valence-corrected chi connectivity index (χ1v) is 14.3. The molecule has 3 atom stereocenters. The number of carboxylic acid groups (broad SMARTS) is 1. The number of aliphatic carboxylic acids is 1. The van der Waals surface area contributed by atoms with Gasteiger partial charge < -0.3 is 33.8 Å². The van der Waals surface area contributed by atoms with Crippen molar-refractivity contribution in [2.24, 2.45) is 0 Å². The van der Waals surface area contributed by atoms with Crippen molar-refractivity contribution in [3.63, 3.8) is 0 Å². The van der Waals surface area contributed by atoms with E-state index in [1.54, 1.807) is 17.0 Å². The van der Waals surface area contributed by atoms with E-state index in [1.165, 1.54) is 6.92 Å². The summed E-state index contributed by atoms with van der Waals surface area (Å²) >= 11 is 0. The fourth-order valence-electron chi connectivity index (χ4n) is 4.79. The first kappa shape index (κ1) is 33.7. The number of aryl methyl sites for hydroxylation is 1. The van der Waals surface area contributed by atoms with Crippen LogP contribution in [0.1, 0.15) is 43.7 Å². The first-order chi connectivity index (χ1) is 20.2. The van der Waals surface area contributed by atoms with Crippen LogP contribution in [0.5, 0.6) is 5.75 Å². The molecule has 13 nitrogen and oxygen atoms in total. The number of hydrogen-bond acceptors (Lipinski definition) is 9. The third-order valence-corrected chi connectivity index (χ3v) is 7.06. The zero-order valence-electron chi connectivity index (χ0n) is 25.2. The molecular weight excluding hydrogens is 562 g/mol. The Balaban J connectivity index is 1.69. The van der Waals surface area contributed by atoms with Gasteiger partial charge in [-0.3, -0.25) is 24.1 Å². The molecule has 2 aliphatic heterocycles. The molecule has 3 amide bonds. The van der Waals surface area contributed by atoms with E-state index < -0.39 is 42.3 Å². The van der Waals surface area contributed by atoms with Gasteiger partial charge in [0, 0.05) is 57.0 Å². The maximum absolute atomic E-state index is 13.1. The summed E-state index contributed by atoms with van der Waals surface area (Å²) in [6, 6.07) is 5.33. The molecule has 0 aromatic heterocycles. The van der Waals surface area contributed by atoms with Crippen molar-refractivity contribution < 1.29 is 52.9 Å². The normalized spacial score (nSPS) is 20.3. The van der Waals surface area contributed by atoms with Gasteiger partial charge in [-0.2, -0.15) is 0 Å². The van der Waals surface area contributed by atoms with Crippen LogP contribution in [0.3, 0.4) is 0 Å². The van der Waals surface area contributed by atoms with Crippen LogP contribution in [-0.4, -0.2) is 120 Å². The number of benzene rings is 1. The van der Waals surface area contributed by atoms with E-state index >= 15 is 0 Å². The standard InChI is InChI=1S/C30H41N3O10/c1-20(34)41-19-22-9-8-21(15-24(22)42-29-17-23(35)16-25(43-29)30(39)40)7-5-12-31(13-6-14-33(2,3)4)28(38)18-32-26(36)10-11-27(32)37/h8-11,15,23,25,29,35H,5-7,12-14,16-19H2,1-4H3/p+1. The van der Waals surface area contributed by atoms with Gasteiger partial charge in [0.2, 0.25) is 12.2 Å². The van der Waals surface area contributed by atoms with E-state index in [0.717, 1.165) is 40.1 Å². The van der Waals surface area contributed by atoms with E-state index in [2.05, 4.69) is 21.1 Å². The van der Waals surface area contributed by atoms with Crippen molar-refractivity contribution in [1.82, 2.24) is 9.80 Å². The molecule has 0 aliphatic carbocycles. The lowest BCUT2D eigenvalue weighted by Crippen LogP contribution is -2.44. The molecule has 236 valence electrons. The van der Waals surface area contributed by atoms with Gasteiger partial charge in [0.1, 0.15) is 18.9 Å². The number of carbonyl (C=O) groups excluding carboxylic acids is 4. The number of nitrogens with zero attached hydrogens (tertiary/aromatic N) is 3. The average Bonchev–Trinajstić information content (AvgIpc) is 3.22. The predicted molar refractivity (Wildman–Crippen MR) is 152 cm³/mol. The summed E-state index contributed by atoms with van der Waals surface area (Å²) in [6.07, 6.45) is 1.04. The maximum Gasteiger partial charge on any atom is 0.333 e. The van der Waals surface area contributed by atoms with E-state index in [9.17, 15) is 34.2 Å². The Labute approximate surface area is 251 Å². The molecule has 0 spiro atoms. The number of quaternary nitrogens is 1. The Morgan fingerprint density at radius 1 is 1.07 bits per heavy atom. The smallest absolute Gasteiger partial charge is 0.333 e. The van der Waals surface area contributed by atoms with E-state index in [0.29, 0.717) is 37.2 Å². The summed E-state index contributed by atoms with van der Waals surface area (Å²) in [7, 11) is 6.18. The summed E-state index contributed by atoms with van der Waals surface area (Å²) < 4.78 is 17.4. The van der Waals surface area contributed by atoms with Gasteiger partial charge in [0.25, 0.3) is 11.8 Å². The van der Waals surface area contributed by atoms with Crippen LogP contribution >= 0.6 is 0 Å². The van der Waals surface area contributed by atoms with Gasteiger partial charge in [0.05, 0.1) is 33.8 Å². The average molecular weight is 605 g/mol. The number of carbonyl (C=O) groups is 5. The second-order valence-electron chi connectivity index (χ2n) is 11.8. The number of aliphatic hydroxyl groups excluding tert-OH is 1. The highest BCUT2D eigenvalue weighted by Gasteiger charge is 2.34. The van der Waals surface area contributed by atoms with Crippen molar-refractivity contribution in [1.29, 1.82) is 0 Å². The summed E-state index contributed by atoms with van der Waals surface area (Å²) in [4.78, 5) is 62.6. The number of imide groups is 1. The molecule has 1 saturated heterocycles. The van der Waals surface area contributed by atoms with Gasteiger partial charge in [0.15, 0.2) is 6.10 Å². The van der Waals surface area contributed by atoms with Crippen molar-refractivity contribution in [2.75, 3.05) is 47.3 Å². The van der Waals surface area contributed by atoms with Crippen molar-refractivity contribution in [3.05, 3.63) is 41.5 Å². The molecule has 13 heteroatoms.